The molecule has 2 aromatic rings. The van der Waals surface area contributed by atoms with Gasteiger partial charge in [-0.15, -0.1) is 0 Å². The Bertz CT molecular complexity index is 651. The van der Waals surface area contributed by atoms with Crippen LogP contribution in [0.2, 0.25) is 0 Å². The quantitative estimate of drug-likeness (QED) is 0.601. The molecule has 3 heteroatoms. The molecule has 23 heavy (non-hydrogen) atoms. The highest BCUT2D eigenvalue weighted by Crippen LogP contribution is 2.23. The van der Waals surface area contributed by atoms with E-state index in [1.54, 1.807) is 25.3 Å². The molecule has 0 aliphatic heterocycles. The first-order valence-electron chi connectivity index (χ1n) is 7.82. The number of rotatable bonds is 5. The first kappa shape index (κ1) is 17.1. The maximum Gasteiger partial charge on any atom is 0.311 e. The zero-order chi connectivity index (χ0) is 16.9. The Balaban J connectivity index is 1.89. The minimum Gasteiger partial charge on any atom is -0.497 e. The van der Waals surface area contributed by atoms with E-state index in [4.69, 9.17) is 9.47 Å². The number of hydrogen-bond donors (Lipinski definition) is 0. The highest BCUT2D eigenvalue weighted by atomic mass is 16.5. The van der Waals surface area contributed by atoms with Crippen LogP contribution >= 0.6 is 0 Å². The number of aryl methyl sites for hydroxylation is 1. The standard InChI is InChI=1S/C20H24O3/c1-20(2,3)16-11-8-15(9-12-16)10-13-19(21)23-18-7-5-6-17(14-18)22-4/h5-9,11-12,14H,10,13H2,1-4H3. The molecule has 0 atom stereocenters. The van der Waals surface area contributed by atoms with Crippen molar-refractivity contribution in [2.75, 3.05) is 7.11 Å². The van der Waals surface area contributed by atoms with Gasteiger partial charge in [0.05, 0.1) is 7.11 Å². The Kier molecular flexibility index (Phi) is 5.43. The average molecular weight is 312 g/mol. The number of esters is 1. The lowest BCUT2D eigenvalue weighted by Crippen LogP contribution is -2.11. The van der Waals surface area contributed by atoms with Crippen LogP contribution in [0.1, 0.15) is 38.3 Å². The molecule has 0 spiro atoms. The summed E-state index contributed by atoms with van der Waals surface area (Å²) in [5, 5.41) is 0. The van der Waals surface area contributed by atoms with Crippen molar-refractivity contribution >= 4 is 5.97 Å². The fraction of sp³-hybridized carbons (Fsp3) is 0.350. The summed E-state index contributed by atoms with van der Waals surface area (Å²) in [6.07, 6.45) is 1.03. The lowest BCUT2D eigenvalue weighted by Gasteiger charge is -2.19. The summed E-state index contributed by atoms with van der Waals surface area (Å²) in [5.74, 6) is 0.948. The number of carbonyl (C=O) groups excluding carboxylic acids is 1. The Labute approximate surface area is 138 Å². The van der Waals surface area contributed by atoms with Crippen molar-refractivity contribution in [3.05, 3.63) is 59.7 Å². The van der Waals surface area contributed by atoms with E-state index in [1.165, 1.54) is 5.56 Å². The molecule has 0 saturated carbocycles. The Morgan fingerprint density at radius 2 is 1.65 bits per heavy atom. The third kappa shape index (κ3) is 5.13. The molecule has 0 aliphatic rings. The van der Waals surface area contributed by atoms with Crippen molar-refractivity contribution < 1.29 is 14.3 Å². The van der Waals surface area contributed by atoms with E-state index in [0.29, 0.717) is 24.3 Å². The largest absolute Gasteiger partial charge is 0.497 e. The van der Waals surface area contributed by atoms with Gasteiger partial charge in [-0.1, -0.05) is 51.1 Å². The monoisotopic (exact) mass is 312 g/mol. The van der Waals surface area contributed by atoms with Gasteiger partial charge in [0.2, 0.25) is 0 Å². The molecule has 0 aromatic heterocycles. The van der Waals surface area contributed by atoms with Gasteiger partial charge in [0.15, 0.2) is 0 Å². The topological polar surface area (TPSA) is 35.5 Å². The molecule has 0 unspecified atom stereocenters. The normalized spacial score (nSPS) is 11.1. The number of hydrogen-bond acceptors (Lipinski definition) is 3. The van der Waals surface area contributed by atoms with Gasteiger partial charge in [-0.05, 0) is 35.1 Å². The second-order valence-electron chi connectivity index (χ2n) is 6.60. The Hall–Kier alpha value is -2.29. The lowest BCUT2D eigenvalue weighted by molar-refractivity contribution is -0.134. The van der Waals surface area contributed by atoms with E-state index in [1.807, 2.05) is 6.07 Å². The third-order valence-electron chi connectivity index (χ3n) is 3.71. The van der Waals surface area contributed by atoms with Crippen LogP contribution in [0.3, 0.4) is 0 Å². The first-order valence-corrected chi connectivity index (χ1v) is 7.82. The third-order valence-corrected chi connectivity index (χ3v) is 3.71. The van der Waals surface area contributed by atoms with Crippen LogP contribution in [0.5, 0.6) is 11.5 Å². The highest BCUT2D eigenvalue weighted by molar-refractivity contribution is 5.72. The van der Waals surface area contributed by atoms with Gasteiger partial charge in [0.25, 0.3) is 0 Å². The van der Waals surface area contributed by atoms with Gasteiger partial charge in [-0.3, -0.25) is 4.79 Å². The zero-order valence-corrected chi connectivity index (χ0v) is 14.3. The summed E-state index contributed by atoms with van der Waals surface area (Å²) in [5.41, 5.74) is 2.57. The highest BCUT2D eigenvalue weighted by Gasteiger charge is 2.13. The molecule has 2 aromatic carbocycles. The predicted octanol–water partition coefficient (Wildman–Crippen LogP) is 4.53. The zero-order valence-electron chi connectivity index (χ0n) is 14.3. The molecule has 122 valence electrons. The molecule has 0 fully saturated rings. The maximum atomic E-state index is 11.9. The summed E-state index contributed by atoms with van der Waals surface area (Å²) in [6, 6.07) is 15.5. The number of benzene rings is 2. The summed E-state index contributed by atoms with van der Waals surface area (Å²) < 4.78 is 10.5. The van der Waals surface area contributed by atoms with Crippen molar-refractivity contribution in [2.45, 2.75) is 39.0 Å². The SMILES string of the molecule is COc1cccc(OC(=O)CCc2ccc(C(C)(C)C)cc2)c1. The molecule has 0 aliphatic carbocycles. The number of methoxy groups -OCH3 is 1. The summed E-state index contributed by atoms with van der Waals surface area (Å²) in [4.78, 5) is 11.9. The molecule has 0 amide bonds. The molecule has 3 nitrogen and oxygen atoms in total. The number of carbonyl (C=O) groups is 1. The van der Waals surface area contributed by atoms with Crippen LogP contribution in [-0.2, 0) is 16.6 Å². The van der Waals surface area contributed by atoms with Crippen LogP contribution < -0.4 is 9.47 Å². The minimum atomic E-state index is -0.238. The van der Waals surface area contributed by atoms with Crippen LogP contribution in [-0.4, -0.2) is 13.1 Å². The summed E-state index contributed by atoms with van der Waals surface area (Å²) in [6.45, 7) is 6.56. The molecule has 2 rings (SSSR count). The van der Waals surface area contributed by atoms with Crippen LogP contribution in [0.4, 0.5) is 0 Å². The van der Waals surface area contributed by atoms with E-state index in [0.717, 1.165) is 5.56 Å². The minimum absolute atomic E-state index is 0.143. The molecule has 0 bridgehead atoms. The molecule has 0 saturated heterocycles. The maximum absolute atomic E-state index is 11.9. The average Bonchev–Trinajstić information content (AvgIpc) is 2.52. The van der Waals surface area contributed by atoms with Crippen molar-refractivity contribution in [3.63, 3.8) is 0 Å². The fourth-order valence-corrected chi connectivity index (χ4v) is 2.26. The van der Waals surface area contributed by atoms with Gasteiger partial charge in [-0.2, -0.15) is 0 Å². The van der Waals surface area contributed by atoms with Gasteiger partial charge in [0.1, 0.15) is 11.5 Å². The van der Waals surface area contributed by atoms with Crippen LogP contribution in [0.25, 0.3) is 0 Å². The smallest absolute Gasteiger partial charge is 0.311 e. The number of ether oxygens (including phenoxy) is 2. The molecular formula is C20H24O3. The van der Waals surface area contributed by atoms with Crippen molar-refractivity contribution in [3.8, 4) is 11.5 Å². The van der Waals surface area contributed by atoms with E-state index in [2.05, 4.69) is 45.0 Å². The van der Waals surface area contributed by atoms with Gasteiger partial charge >= 0.3 is 5.97 Å². The van der Waals surface area contributed by atoms with Crippen LogP contribution in [0.15, 0.2) is 48.5 Å². The lowest BCUT2D eigenvalue weighted by atomic mass is 9.86. The second-order valence-corrected chi connectivity index (χ2v) is 6.60. The van der Waals surface area contributed by atoms with E-state index in [-0.39, 0.29) is 11.4 Å². The van der Waals surface area contributed by atoms with Crippen molar-refractivity contribution in [1.82, 2.24) is 0 Å². The van der Waals surface area contributed by atoms with Gasteiger partial charge in [0, 0.05) is 12.5 Å². The fourth-order valence-electron chi connectivity index (χ4n) is 2.26. The second kappa shape index (κ2) is 7.32. The van der Waals surface area contributed by atoms with Crippen LogP contribution in [0, 0.1) is 0 Å². The molecule has 0 heterocycles. The first-order chi connectivity index (χ1) is 10.9. The van der Waals surface area contributed by atoms with Crippen molar-refractivity contribution in [2.24, 2.45) is 0 Å². The van der Waals surface area contributed by atoms with Gasteiger partial charge < -0.3 is 9.47 Å². The van der Waals surface area contributed by atoms with E-state index < -0.39 is 0 Å². The predicted molar refractivity (Wildman–Crippen MR) is 92.1 cm³/mol. The summed E-state index contributed by atoms with van der Waals surface area (Å²) in [7, 11) is 1.59. The van der Waals surface area contributed by atoms with E-state index >= 15 is 0 Å². The van der Waals surface area contributed by atoms with Crippen molar-refractivity contribution in [1.29, 1.82) is 0 Å². The Morgan fingerprint density at radius 3 is 2.26 bits per heavy atom. The molecular weight excluding hydrogens is 288 g/mol. The van der Waals surface area contributed by atoms with Gasteiger partial charge in [-0.25, -0.2) is 0 Å². The molecule has 0 N–H and O–H groups in total. The van der Waals surface area contributed by atoms with E-state index in [9.17, 15) is 4.79 Å². The molecule has 0 radical (unpaired) electrons. The summed E-state index contributed by atoms with van der Waals surface area (Å²) >= 11 is 0. The Morgan fingerprint density at radius 1 is 1.00 bits per heavy atom.